The van der Waals surface area contributed by atoms with E-state index in [0.29, 0.717) is 13.0 Å². The topological polar surface area (TPSA) is 81.4 Å². The summed E-state index contributed by atoms with van der Waals surface area (Å²) in [5, 5.41) is 2.70. The first-order valence-corrected chi connectivity index (χ1v) is 5.24. The number of methoxy groups -OCH3 is 1. The molecule has 0 aliphatic carbocycles. The second kappa shape index (κ2) is 6.48. The number of carbonyl (C=O) groups is 2. The van der Waals surface area contributed by atoms with E-state index in [4.69, 9.17) is 10.5 Å². The molecule has 0 rings (SSSR count). The molecule has 0 bridgehead atoms. The number of carbonyl (C=O) groups excluding carboxylic acids is 2. The van der Waals surface area contributed by atoms with E-state index in [-0.39, 0.29) is 11.8 Å². The van der Waals surface area contributed by atoms with Crippen LogP contribution in [0.1, 0.15) is 27.2 Å². The summed E-state index contributed by atoms with van der Waals surface area (Å²) in [5.41, 5.74) is 4.69. The standard InChI is InChI=1S/C11H21N2O3/c1-8(10(12)15)5-6-9(14)13-7-11(2,3)16-4/h6,8H,5,7H2,1-4H3,(H2,12,15)(H,13,14)/t8-/m0/s1. The lowest BCUT2D eigenvalue weighted by atomic mass is 10.0. The van der Waals surface area contributed by atoms with Crippen molar-refractivity contribution >= 4 is 11.8 Å². The molecular formula is C11H21N2O3. The van der Waals surface area contributed by atoms with Crippen LogP contribution in [-0.4, -0.2) is 31.1 Å². The zero-order valence-electron chi connectivity index (χ0n) is 10.4. The molecule has 0 aliphatic heterocycles. The number of nitrogens with two attached hydrogens (primary N) is 1. The van der Waals surface area contributed by atoms with Crippen molar-refractivity contribution in [1.29, 1.82) is 0 Å². The molecule has 1 radical (unpaired) electrons. The molecule has 2 amide bonds. The third-order valence-corrected chi connectivity index (χ3v) is 2.38. The summed E-state index contributed by atoms with van der Waals surface area (Å²) in [4.78, 5) is 22.1. The molecule has 0 aromatic rings. The van der Waals surface area contributed by atoms with E-state index in [1.807, 2.05) is 13.8 Å². The Morgan fingerprint density at radius 1 is 1.50 bits per heavy atom. The summed E-state index contributed by atoms with van der Waals surface area (Å²) >= 11 is 0. The van der Waals surface area contributed by atoms with Gasteiger partial charge in [-0.1, -0.05) is 6.92 Å². The summed E-state index contributed by atoms with van der Waals surface area (Å²) in [5.74, 6) is -0.930. The van der Waals surface area contributed by atoms with Crippen LogP contribution in [0.15, 0.2) is 0 Å². The molecule has 0 fully saturated rings. The van der Waals surface area contributed by atoms with E-state index >= 15 is 0 Å². The van der Waals surface area contributed by atoms with E-state index < -0.39 is 11.5 Å². The van der Waals surface area contributed by atoms with Crippen molar-refractivity contribution in [2.45, 2.75) is 32.8 Å². The first-order chi connectivity index (χ1) is 7.28. The van der Waals surface area contributed by atoms with Gasteiger partial charge in [0.2, 0.25) is 11.8 Å². The minimum atomic E-state index is -0.402. The van der Waals surface area contributed by atoms with Crippen LogP contribution in [0.4, 0.5) is 0 Å². The minimum Gasteiger partial charge on any atom is -0.377 e. The Labute approximate surface area is 96.7 Å². The molecule has 0 aromatic heterocycles. The lowest BCUT2D eigenvalue weighted by Crippen LogP contribution is -2.40. The molecule has 0 aromatic carbocycles. The van der Waals surface area contributed by atoms with Gasteiger partial charge in [-0.3, -0.25) is 9.59 Å². The molecule has 5 nitrogen and oxygen atoms in total. The van der Waals surface area contributed by atoms with Gasteiger partial charge in [-0.2, -0.15) is 0 Å². The van der Waals surface area contributed by atoms with Gasteiger partial charge in [0.1, 0.15) is 0 Å². The zero-order chi connectivity index (χ0) is 12.8. The fourth-order valence-electron chi connectivity index (χ4n) is 0.844. The number of ether oxygens (including phenoxy) is 1. The third kappa shape index (κ3) is 6.40. The first kappa shape index (κ1) is 14.9. The van der Waals surface area contributed by atoms with E-state index in [2.05, 4.69) is 5.32 Å². The second-order valence-electron chi connectivity index (χ2n) is 4.42. The normalized spacial score (nSPS) is 13.2. The quantitative estimate of drug-likeness (QED) is 0.656. The largest absolute Gasteiger partial charge is 0.377 e. The van der Waals surface area contributed by atoms with Crippen LogP contribution < -0.4 is 11.1 Å². The highest BCUT2D eigenvalue weighted by molar-refractivity contribution is 5.86. The molecule has 0 heterocycles. The van der Waals surface area contributed by atoms with Crippen molar-refractivity contribution < 1.29 is 14.3 Å². The number of nitrogens with one attached hydrogen (secondary N) is 1. The molecule has 1 atom stereocenters. The van der Waals surface area contributed by atoms with Crippen LogP contribution in [0, 0.1) is 12.3 Å². The summed E-state index contributed by atoms with van der Waals surface area (Å²) in [6.45, 7) is 5.85. The zero-order valence-corrected chi connectivity index (χ0v) is 10.4. The maximum Gasteiger partial charge on any atom is 0.224 e. The van der Waals surface area contributed by atoms with Crippen LogP contribution in [0.2, 0.25) is 0 Å². The van der Waals surface area contributed by atoms with Crippen molar-refractivity contribution in [2.75, 3.05) is 13.7 Å². The van der Waals surface area contributed by atoms with Gasteiger partial charge in [0, 0.05) is 19.6 Å². The molecule has 0 saturated carbocycles. The fraction of sp³-hybridized carbons (Fsp3) is 0.727. The average molecular weight is 229 g/mol. The Kier molecular flexibility index (Phi) is 6.03. The van der Waals surface area contributed by atoms with E-state index in [1.54, 1.807) is 14.0 Å². The number of amides is 2. The minimum absolute atomic E-state index is 0.210. The molecule has 5 heteroatoms. The third-order valence-electron chi connectivity index (χ3n) is 2.38. The first-order valence-electron chi connectivity index (χ1n) is 5.24. The van der Waals surface area contributed by atoms with Crippen LogP contribution in [-0.2, 0) is 14.3 Å². The van der Waals surface area contributed by atoms with Gasteiger partial charge in [0.05, 0.1) is 12.0 Å². The van der Waals surface area contributed by atoms with Crippen LogP contribution in [0.3, 0.4) is 0 Å². The van der Waals surface area contributed by atoms with Crippen molar-refractivity contribution in [1.82, 2.24) is 5.32 Å². The number of hydrogen-bond acceptors (Lipinski definition) is 3. The second-order valence-corrected chi connectivity index (χ2v) is 4.42. The van der Waals surface area contributed by atoms with Gasteiger partial charge >= 0.3 is 0 Å². The SMILES string of the molecule is COC(C)(C)CNC(=O)[CH]C[C@H](C)C(N)=O. The Morgan fingerprint density at radius 3 is 2.50 bits per heavy atom. The summed E-state index contributed by atoms with van der Waals surface area (Å²) < 4.78 is 5.15. The van der Waals surface area contributed by atoms with E-state index in [9.17, 15) is 9.59 Å². The van der Waals surface area contributed by atoms with Crippen LogP contribution >= 0.6 is 0 Å². The number of rotatable bonds is 7. The molecule has 0 saturated heterocycles. The molecule has 0 spiro atoms. The highest BCUT2D eigenvalue weighted by Crippen LogP contribution is 2.06. The fourth-order valence-corrected chi connectivity index (χ4v) is 0.844. The maximum absolute atomic E-state index is 11.4. The van der Waals surface area contributed by atoms with Crippen molar-refractivity contribution in [2.24, 2.45) is 11.7 Å². The van der Waals surface area contributed by atoms with Crippen molar-refractivity contribution in [3.63, 3.8) is 0 Å². The molecule has 3 N–H and O–H groups in total. The van der Waals surface area contributed by atoms with Crippen molar-refractivity contribution in [3.05, 3.63) is 6.42 Å². The van der Waals surface area contributed by atoms with Gasteiger partial charge < -0.3 is 15.8 Å². The van der Waals surface area contributed by atoms with Crippen LogP contribution in [0.25, 0.3) is 0 Å². The maximum atomic E-state index is 11.4. The molecule has 93 valence electrons. The Hall–Kier alpha value is -1.10. The lowest BCUT2D eigenvalue weighted by molar-refractivity contribution is -0.121. The molecule has 0 aliphatic rings. The highest BCUT2D eigenvalue weighted by atomic mass is 16.5. The van der Waals surface area contributed by atoms with E-state index in [1.165, 1.54) is 6.42 Å². The summed E-state index contributed by atoms with van der Waals surface area (Å²) in [6, 6.07) is 0. The van der Waals surface area contributed by atoms with E-state index in [0.717, 1.165) is 0 Å². The number of hydrogen-bond donors (Lipinski definition) is 2. The van der Waals surface area contributed by atoms with Crippen molar-refractivity contribution in [3.8, 4) is 0 Å². The Morgan fingerprint density at radius 2 is 2.06 bits per heavy atom. The summed E-state index contributed by atoms with van der Waals surface area (Å²) in [7, 11) is 1.59. The van der Waals surface area contributed by atoms with Crippen LogP contribution in [0.5, 0.6) is 0 Å². The number of primary amides is 1. The van der Waals surface area contributed by atoms with Gasteiger partial charge in [0.25, 0.3) is 0 Å². The average Bonchev–Trinajstić information content (AvgIpc) is 2.23. The van der Waals surface area contributed by atoms with Gasteiger partial charge in [-0.15, -0.1) is 0 Å². The monoisotopic (exact) mass is 229 g/mol. The van der Waals surface area contributed by atoms with Gasteiger partial charge in [-0.05, 0) is 20.3 Å². The highest BCUT2D eigenvalue weighted by Gasteiger charge is 2.18. The smallest absolute Gasteiger partial charge is 0.224 e. The predicted molar refractivity (Wildman–Crippen MR) is 61.4 cm³/mol. The Bertz CT molecular complexity index is 252. The molecule has 16 heavy (non-hydrogen) atoms. The molecule has 0 unspecified atom stereocenters. The predicted octanol–water partition coefficient (Wildman–Crippen LogP) is 0.243. The Balaban J connectivity index is 3.80. The van der Waals surface area contributed by atoms with Gasteiger partial charge in [0.15, 0.2) is 0 Å². The lowest BCUT2D eigenvalue weighted by Gasteiger charge is -2.23. The van der Waals surface area contributed by atoms with Gasteiger partial charge in [-0.25, -0.2) is 0 Å². The molecular weight excluding hydrogens is 208 g/mol. The summed E-state index contributed by atoms with van der Waals surface area (Å²) in [6.07, 6.45) is 1.79.